The number of methoxy groups -OCH3 is 1. The van der Waals surface area contributed by atoms with Gasteiger partial charge in [0.15, 0.2) is 0 Å². The zero-order valence-electron chi connectivity index (χ0n) is 9.96. The van der Waals surface area contributed by atoms with E-state index in [1.165, 1.54) is 0 Å². The fourth-order valence-electron chi connectivity index (χ4n) is 1.39. The van der Waals surface area contributed by atoms with Crippen LogP contribution >= 0.6 is 15.9 Å². The summed E-state index contributed by atoms with van der Waals surface area (Å²) in [6, 6.07) is 6.38. The second-order valence-corrected chi connectivity index (χ2v) is 4.92. The fourth-order valence-corrected chi connectivity index (χ4v) is 1.95. The van der Waals surface area contributed by atoms with E-state index in [4.69, 9.17) is 10.5 Å². The Labute approximate surface area is 105 Å². The van der Waals surface area contributed by atoms with E-state index in [1.807, 2.05) is 18.2 Å². The smallest absolute Gasteiger partial charge is 0.133 e. The number of nitrogens with one attached hydrogen (secondary N) is 1. The molecule has 3 N–H and O–H groups in total. The number of benzene rings is 1. The van der Waals surface area contributed by atoms with Crippen molar-refractivity contribution in [1.82, 2.24) is 5.32 Å². The maximum atomic E-state index is 6.08. The van der Waals surface area contributed by atoms with Gasteiger partial charge in [0.1, 0.15) is 5.75 Å². The molecule has 0 aliphatic heterocycles. The molecule has 3 nitrogen and oxygen atoms in total. The third kappa shape index (κ3) is 3.77. The molecule has 0 heterocycles. The van der Waals surface area contributed by atoms with Crippen LogP contribution in [-0.4, -0.2) is 19.7 Å². The molecule has 0 aliphatic carbocycles. The van der Waals surface area contributed by atoms with Gasteiger partial charge in [-0.2, -0.15) is 0 Å². The van der Waals surface area contributed by atoms with E-state index in [-0.39, 0.29) is 6.04 Å². The van der Waals surface area contributed by atoms with Crippen molar-refractivity contribution < 1.29 is 4.74 Å². The van der Waals surface area contributed by atoms with E-state index in [2.05, 4.69) is 35.1 Å². The average molecular weight is 287 g/mol. The first kappa shape index (κ1) is 13.5. The van der Waals surface area contributed by atoms with Gasteiger partial charge in [0.25, 0.3) is 0 Å². The van der Waals surface area contributed by atoms with Crippen molar-refractivity contribution in [3.63, 3.8) is 0 Å². The highest BCUT2D eigenvalue weighted by Gasteiger charge is 2.09. The van der Waals surface area contributed by atoms with Gasteiger partial charge in [0.2, 0.25) is 0 Å². The van der Waals surface area contributed by atoms with Gasteiger partial charge < -0.3 is 15.8 Å². The molecule has 90 valence electrons. The third-order valence-electron chi connectivity index (χ3n) is 2.35. The summed E-state index contributed by atoms with van der Waals surface area (Å²) < 4.78 is 6.11. The molecule has 0 saturated heterocycles. The maximum Gasteiger partial charge on any atom is 0.133 e. The zero-order chi connectivity index (χ0) is 12.1. The molecule has 1 unspecified atom stereocenters. The first-order valence-corrected chi connectivity index (χ1v) is 6.16. The fraction of sp³-hybridized carbons (Fsp3) is 0.500. The normalized spacial score (nSPS) is 12.9. The summed E-state index contributed by atoms with van der Waals surface area (Å²) in [5, 5.41) is 3.32. The lowest BCUT2D eigenvalue weighted by Gasteiger charge is -2.16. The van der Waals surface area contributed by atoms with Gasteiger partial charge in [-0.05, 0) is 33.6 Å². The molecule has 16 heavy (non-hydrogen) atoms. The van der Waals surface area contributed by atoms with Crippen LogP contribution in [-0.2, 0) is 0 Å². The van der Waals surface area contributed by atoms with E-state index in [0.29, 0.717) is 6.04 Å². The largest absolute Gasteiger partial charge is 0.496 e. The molecule has 0 aromatic heterocycles. The highest BCUT2D eigenvalue weighted by molar-refractivity contribution is 9.10. The van der Waals surface area contributed by atoms with Crippen LogP contribution in [0.4, 0.5) is 0 Å². The van der Waals surface area contributed by atoms with Gasteiger partial charge in [-0.15, -0.1) is 0 Å². The van der Waals surface area contributed by atoms with Crippen molar-refractivity contribution in [2.45, 2.75) is 25.9 Å². The van der Waals surface area contributed by atoms with E-state index in [0.717, 1.165) is 22.3 Å². The number of nitrogens with two attached hydrogens (primary N) is 1. The lowest BCUT2D eigenvalue weighted by atomic mass is 10.1. The SMILES string of the molecule is COc1ccc(C(N)CNC(C)C)cc1Br. The average Bonchev–Trinajstić information content (AvgIpc) is 2.25. The predicted octanol–water partition coefficient (Wildman–Crippen LogP) is 2.46. The van der Waals surface area contributed by atoms with E-state index >= 15 is 0 Å². The Morgan fingerprint density at radius 1 is 1.44 bits per heavy atom. The maximum absolute atomic E-state index is 6.08. The molecule has 1 aromatic rings. The van der Waals surface area contributed by atoms with Crippen molar-refractivity contribution in [2.75, 3.05) is 13.7 Å². The standard InChI is InChI=1S/C12H19BrN2O/c1-8(2)15-7-11(14)9-4-5-12(16-3)10(13)6-9/h4-6,8,11,15H,7,14H2,1-3H3. The Hall–Kier alpha value is -0.580. The summed E-state index contributed by atoms with van der Waals surface area (Å²) in [6.07, 6.45) is 0. The highest BCUT2D eigenvalue weighted by atomic mass is 79.9. The van der Waals surface area contributed by atoms with Crippen molar-refractivity contribution in [2.24, 2.45) is 5.73 Å². The summed E-state index contributed by atoms with van der Waals surface area (Å²) in [4.78, 5) is 0. The van der Waals surface area contributed by atoms with Crippen molar-refractivity contribution in [1.29, 1.82) is 0 Å². The molecule has 0 saturated carbocycles. The number of hydrogen-bond acceptors (Lipinski definition) is 3. The van der Waals surface area contributed by atoms with Gasteiger partial charge in [0.05, 0.1) is 11.6 Å². The number of ether oxygens (including phenoxy) is 1. The molecule has 0 radical (unpaired) electrons. The van der Waals surface area contributed by atoms with Crippen LogP contribution in [0.15, 0.2) is 22.7 Å². The van der Waals surface area contributed by atoms with Gasteiger partial charge in [-0.25, -0.2) is 0 Å². The van der Waals surface area contributed by atoms with Crippen LogP contribution in [0.2, 0.25) is 0 Å². The minimum atomic E-state index is 0.00426. The van der Waals surface area contributed by atoms with Crippen molar-refractivity contribution in [3.05, 3.63) is 28.2 Å². The Bertz CT molecular complexity index is 342. The van der Waals surface area contributed by atoms with Crippen LogP contribution in [0.25, 0.3) is 0 Å². The molecule has 0 spiro atoms. The van der Waals surface area contributed by atoms with Gasteiger partial charge >= 0.3 is 0 Å². The minimum Gasteiger partial charge on any atom is -0.496 e. The molecule has 0 fully saturated rings. The monoisotopic (exact) mass is 286 g/mol. The van der Waals surface area contributed by atoms with Crippen LogP contribution in [0.1, 0.15) is 25.5 Å². The van der Waals surface area contributed by atoms with Gasteiger partial charge in [-0.3, -0.25) is 0 Å². The molecule has 0 amide bonds. The first-order valence-electron chi connectivity index (χ1n) is 5.37. The predicted molar refractivity (Wildman–Crippen MR) is 70.8 cm³/mol. The zero-order valence-corrected chi connectivity index (χ0v) is 11.5. The molecule has 1 atom stereocenters. The van der Waals surface area contributed by atoms with Crippen LogP contribution in [0, 0.1) is 0 Å². The first-order chi connectivity index (χ1) is 7.54. The number of halogens is 1. The van der Waals surface area contributed by atoms with Crippen LogP contribution in [0.5, 0.6) is 5.75 Å². The van der Waals surface area contributed by atoms with Crippen LogP contribution in [0.3, 0.4) is 0 Å². The lowest BCUT2D eigenvalue weighted by Crippen LogP contribution is -2.31. The highest BCUT2D eigenvalue weighted by Crippen LogP contribution is 2.27. The van der Waals surface area contributed by atoms with Gasteiger partial charge in [0, 0.05) is 18.6 Å². The van der Waals surface area contributed by atoms with E-state index in [9.17, 15) is 0 Å². The quantitative estimate of drug-likeness (QED) is 0.874. The molecular weight excluding hydrogens is 268 g/mol. The molecular formula is C12H19BrN2O. The Morgan fingerprint density at radius 3 is 2.62 bits per heavy atom. The summed E-state index contributed by atoms with van der Waals surface area (Å²) in [5.74, 6) is 0.827. The number of hydrogen-bond donors (Lipinski definition) is 2. The van der Waals surface area contributed by atoms with Crippen LogP contribution < -0.4 is 15.8 Å². The minimum absolute atomic E-state index is 0.00426. The van der Waals surface area contributed by atoms with Crippen molar-refractivity contribution in [3.8, 4) is 5.75 Å². The summed E-state index contributed by atoms with van der Waals surface area (Å²) >= 11 is 3.45. The topological polar surface area (TPSA) is 47.3 Å². The number of rotatable bonds is 5. The molecule has 0 bridgehead atoms. The Kier molecular flexibility index (Phi) is 5.25. The van der Waals surface area contributed by atoms with Gasteiger partial charge in [-0.1, -0.05) is 19.9 Å². The third-order valence-corrected chi connectivity index (χ3v) is 2.97. The van der Waals surface area contributed by atoms with E-state index in [1.54, 1.807) is 7.11 Å². The second-order valence-electron chi connectivity index (χ2n) is 4.06. The second kappa shape index (κ2) is 6.23. The Morgan fingerprint density at radius 2 is 2.12 bits per heavy atom. The van der Waals surface area contributed by atoms with E-state index < -0.39 is 0 Å². The summed E-state index contributed by atoms with van der Waals surface area (Å²) in [7, 11) is 1.65. The lowest BCUT2D eigenvalue weighted by molar-refractivity contribution is 0.411. The molecule has 1 aromatic carbocycles. The molecule has 4 heteroatoms. The summed E-state index contributed by atoms with van der Waals surface area (Å²) in [6.45, 7) is 4.99. The molecule has 0 aliphatic rings. The summed E-state index contributed by atoms with van der Waals surface area (Å²) in [5.41, 5.74) is 7.18. The molecule has 1 rings (SSSR count). The Balaban J connectivity index is 2.69. The van der Waals surface area contributed by atoms with Crippen molar-refractivity contribution >= 4 is 15.9 Å².